The maximum atomic E-state index is 14.5. The molecule has 1 atom stereocenters. The summed E-state index contributed by atoms with van der Waals surface area (Å²) in [6.45, 7) is 1.78. The molecule has 0 N–H and O–H groups in total. The van der Waals surface area contributed by atoms with Gasteiger partial charge < -0.3 is 9.15 Å². The zero-order chi connectivity index (χ0) is 19.5. The lowest BCUT2D eigenvalue weighted by atomic mass is 10.1. The van der Waals surface area contributed by atoms with E-state index in [1.807, 2.05) is 30.3 Å². The second kappa shape index (κ2) is 7.52. The van der Waals surface area contributed by atoms with Crippen LogP contribution in [0.4, 0.5) is 4.39 Å². The van der Waals surface area contributed by atoms with Crippen LogP contribution in [-0.2, 0) is 0 Å². The summed E-state index contributed by atoms with van der Waals surface area (Å²) in [6, 6.07) is 19.0. The Morgan fingerprint density at radius 2 is 1.93 bits per heavy atom. The Bertz CT molecular complexity index is 1090. The first kappa shape index (κ1) is 17.7. The number of carbonyl (C=O) groups excluding carboxylic acids is 1. The van der Waals surface area contributed by atoms with Crippen molar-refractivity contribution in [1.29, 1.82) is 0 Å². The summed E-state index contributed by atoms with van der Waals surface area (Å²) in [4.78, 5) is 12.2. The maximum Gasteiger partial charge on any atom is 0.313 e. The molecule has 0 aliphatic rings. The molecule has 140 valence electrons. The minimum atomic E-state index is -0.465. The topological polar surface area (TPSA) is 57.3 Å². The second-order valence-corrected chi connectivity index (χ2v) is 6.24. The molecule has 0 bridgehead atoms. The first-order chi connectivity index (χ1) is 13.6. The Kier molecular flexibility index (Phi) is 4.76. The van der Waals surface area contributed by atoms with Gasteiger partial charge in [0.05, 0.1) is 6.26 Å². The molecule has 5 nitrogen and oxygen atoms in total. The van der Waals surface area contributed by atoms with E-state index in [9.17, 15) is 9.18 Å². The lowest BCUT2D eigenvalue weighted by Gasteiger charge is -2.13. The number of ether oxygens (including phenoxy) is 1. The van der Waals surface area contributed by atoms with E-state index in [-0.39, 0.29) is 17.5 Å². The highest BCUT2D eigenvalue weighted by Gasteiger charge is 2.17. The Morgan fingerprint density at radius 1 is 1.11 bits per heavy atom. The van der Waals surface area contributed by atoms with Crippen molar-refractivity contribution < 1.29 is 18.3 Å². The zero-order valence-electron chi connectivity index (χ0n) is 15.1. The smallest absolute Gasteiger partial charge is 0.313 e. The molecule has 0 radical (unpaired) electrons. The fourth-order valence-electron chi connectivity index (χ4n) is 2.87. The second-order valence-electron chi connectivity index (χ2n) is 6.24. The van der Waals surface area contributed by atoms with Gasteiger partial charge in [-0.05, 0) is 42.8 Å². The van der Waals surface area contributed by atoms with Gasteiger partial charge in [-0.3, -0.25) is 4.79 Å². The van der Waals surface area contributed by atoms with E-state index in [0.717, 1.165) is 5.56 Å². The van der Waals surface area contributed by atoms with Crippen molar-refractivity contribution in [2.24, 2.45) is 0 Å². The normalized spacial score (nSPS) is 11.9. The maximum absolute atomic E-state index is 14.5. The first-order valence-corrected chi connectivity index (χ1v) is 8.77. The molecule has 0 spiro atoms. The molecular weight excluding hydrogens is 359 g/mol. The van der Waals surface area contributed by atoms with E-state index in [1.54, 1.807) is 43.5 Å². The largest absolute Gasteiger partial charge is 0.484 e. The summed E-state index contributed by atoms with van der Waals surface area (Å²) < 4.78 is 26.6. The van der Waals surface area contributed by atoms with Gasteiger partial charge in [-0.1, -0.05) is 30.3 Å². The number of furan rings is 1. The minimum absolute atomic E-state index is 0.196. The van der Waals surface area contributed by atoms with Crippen molar-refractivity contribution in [3.05, 3.63) is 96.5 Å². The molecular formula is C22H17FN2O3. The Hall–Kier alpha value is -3.67. The van der Waals surface area contributed by atoms with E-state index < -0.39 is 6.10 Å². The third-order valence-electron chi connectivity index (χ3n) is 4.30. The molecule has 2 aromatic heterocycles. The van der Waals surface area contributed by atoms with Gasteiger partial charge in [-0.25, -0.2) is 9.07 Å². The number of halogens is 1. The molecule has 0 aliphatic carbocycles. The van der Waals surface area contributed by atoms with Crippen LogP contribution in [0.25, 0.3) is 11.1 Å². The van der Waals surface area contributed by atoms with Crippen molar-refractivity contribution in [1.82, 2.24) is 9.78 Å². The highest BCUT2D eigenvalue weighted by molar-refractivity contribution is 5.92. The molecule has 28 heavy (non-hydrogen) atoms. The summed E-state index contributed by atoms with van der Waals surface area (Å²) in [5.74, 6) is -0.158. The summed E-state index contributed by atoms with van der Waals surface area (Å²) in [6.07, 6.45) is 2.50. The fourth-order valence-corrected chi connectivity index (χ4v) is 2.87. The molecule has 0 saturated heterocycles. The van der Waals surface area contributed by atoms with Gasteiger partial charge in [0.1, 0.15) is 23.4 Å². The summed E-state index contributed by atoms with van der Waals surface area (Å²) >= 11 is 0. The van der Waals surface area contributed by atoms with Gasteiger partial charge in [0, 0.05) is 17.8 Å². The average molecular weight is 376 g/mol. The number of rotatable bonds is 5. The van der Waals surface area contributed by atoms with Crippen molar-refractivity contribution in [2.75, 3.05) is 0 Å². The highest BCUT2D eigenvalue weighted by Crippen LogP contribution is 2.28. The Labute approximate surface area is 161 Å². The van der Waals surface area contributed by atoms with Crippen molar-refractivity contribution in [3.8, 4) is 16.9 Å². The predicted molar refractivity (Wildman–Crippen MR) is 102 cm³/mol. The van der Waals surface area contributed by atoms with E-state index in [0.29, 0.717) is 17.0 Å². The number of carbonyl (C=O) groups is 1. The van der Waals surface area contributed by atoms with Crippen LogP contribution in [0.15, 0.2) is 83.6 Å². The average Bonchev–Trinajstić information content (AvgIpc) is 3.41. The molecule has 6 heteroatoms. The van der Waals surface area contributed by atoms with Crippen LogP contribution in [0.3, 0.4) is 0 Å². The van der Waals surface area contributed by atoms with Crippen LogP contribution >= 0.6 is 0 Å². The molecule has 2 heterocycles. The van der Waals surface area contributed by atoms with Gasteiger partial charge in [-0.15, -0.1) is 0 Å². The van der Waals surface area contributed by atoms with E-state index >= 15 is 0 Å². The molecule has 4 rings (SSSR count). The van der Waals surface area contributed by atoms with Crippen LogP contribution in [0.5, 0.6) is 5.75 Å². The molecule has 0 unspecified atom stereocenters. The van der Waals surface area contributed by atoms with E-state index in [1.165, 1.54) is 17.0 Å². The molecule has 0 fully saturated rings. The zero-order valence-corrected chi connectivity index (χ0v) is 15.1. The standard InChI is InChI=1S/C22H17FN2O3/c1-15(20-11-12-25(24-20)22(26)21-8-5-13-27-21)28-17-9-10-18(19(23)14-17)16-6-3-2-4-7-16/h2-15H,1H3/t15-/m0/s1. The molecule has 2 aromatic carbocycles. The van der Waals surface area contributed by atoms with E-state index in [2.05, 4.69) is 5.10 Å². The van der Waals surface area contributed by atoms with Gasteiger partial charge in [0.25, 0.3) is 0 Å². The minimum Gasteiger partial charge on any atom is -0.484 e. The van der Waals surface area contributed by atoms with Crippen molar-refractivity contribution in [2.45, 2.75) is 13.0 Å². The molecule has 4 aromatic rings. The van der Waals surface area contributed by atoms with Crippen molar-refractivity contribution in [3.63, 3.8) is 0 Å². The van der Waals surface area contributed by atoms with E-state index in [4.69, 9.17) is 9.15 Å². The summed E-state index contributed by atoms with van der Waals surface area (Å²) in [7, 11) is 0. The number of nitrogens with zero attached hydrogens (tertiary/aromatic N) is 2. The Balaban J connectivity index is 1.49. The van der Waals surface area contributed by atoms with Crippen molar-refractivity contribution >= 4 is 5.91 Å². The summed E-state index contributed by atoms with van der Waals surface area (Å²) in [5.41, 5.74) is 1.86. The number of hydrogen-bond acceptors (Lipinski definition) is 4. The van der Waals surface area contributed by atoms with Gasteiger partial charge in [0.2, 0.25) is 0 Å². The lowest BCUT2D eigenvalue weighted by Crippen LogP contribution is -2.13. The third kappa shape index (κ3) is 3.57. The highest BCUT2D eigenvalue weighted by atomic mass is 19.1. The van der Waals surface area contributed by atoms with Crippen LogP contribution in [0.2, 0.25) is 0 Å². The number of aromatic nitrogens is 2. The number of hydrogen-bond donors (Lipinski definition) is 0. The number of benzene rings is 2. The quantitative estimate of drug-likeness (QED) is 0.486. The molecule has 0 saturated carbocycles. The van der Waals surface area contributed by atoms with Gasteiger partial charge in [-0.2, -0.15) is 5.10 Å². The third-order valence-corrected chi connectivity index (χ3v) is 4.30. The van der Waals surface area contributed by atoms with Crippen LogP contribution < -0.4 is 4.74 Å². The SMILES string of the molecule is C[C@H](Oc1ccc(-c2ccccc2)c(F)c1)c1ccn(C(=O)c2ccco2)n1. The molecule has 0 amide bonds. The predicted octanol–water partition coefficient (Wildman–Crippen LogP) is 5.11. The monoisotopic (exact) mass is 376 g/mol. The summed E-state index contributed by atoms with van der Waals surface area (Å²) in [5, 5.41) is 4.24. The lowest BCUT2D eigenvalue weighted by molar-refractivity contribution is 0.0915. The molecule has 0 aliphatic heterocycles. The first-order valence-electron chi connectivity index (χ1n) is 8.77. The van der Waals surface area contributed by atoms with Crippen LogP contribution in [0, 0.1) is 5.82 Å². The fraction of sp³-hybridized carbons (Fsp3) is 0.0909. The van der Waals surface area contributed by atoms with Crippen LogP contribution in [-0.4, -0.2) is 15.7 Å². The van der Waals surface area contributed by atoms with Crippen LogP contribution in [0.1, 0.15) is 29.3 Å². The Morgan fingerprint density at radius 3 is 2.64 bits per heavy atom. The van der Waals surface area contributed by atoms with Gasteiger partial charge in [0.15, 0.2) is 5.76 Å². The van der Waals surface area contributed by atoms with Gasteiger partial charge >= 0.3 is 5.91 Å².